The summed E-state index contributed by atoms with van der Waals surface area (Å²) in [5.41, 5.74) is 4.05. The van der Waals surface area contributed by atoms with Crippen molar-refractivity contribution in [3.05, 3.63) is 58.1 Å². The summed E-state index contributed by atoms with van der Waals surface area (Å²) >= 11 is 16.9. The second kappa shape index (κ2) is 9.22. The van der Waals surface area contributed by atoms with Crippen molar-refractivity contribution in [2.45, 2.75) is 0 Å². The molecule has 0 amide bonds. The van der Waals surface area contributed by atoms with E-state index in [-0.39, 0.29) is 5.11 Å². The van der Waals surface area contributed by atoms with Crippen LogP contribution < -0.4 is 15.5 Å². The molecule has 0 bridgehead atoms. The molecule has 130 valence electrons. The minimum absolute atomic E-state index is 0.271. The van der Waals surface area contributed by atoms with Crippen LogP contribution >= 0.6 is 35.4 Å². The number of nitrogens with zero attached hydrogens (tertiary/aromatic N) is 1. The maximum Gasteiger partial charge on any atom is 0.341 e. The van der Waals surface area contributed by atoms with Gasteiger partial charge in [0.05, 0.1) is 16.3 Å². The fourth-order valence-electron chi connectivity index (χ4n) is 1.73. The predicted octanol–water partition coefficient (Wildman–Crippen LogP) is 3.78. The van der Waals surface area contributed by atoms with E-state index in [4.69, 9.17) is 45.3 Å². The fraction of sp³-hybridized carbons (Fsp3) is 0.0625. The molecule has 0 saturated carbocycles. The van der Waals surface area contributed by atoms with Gasteiger partial charge in [0.2, 0.25) is 0 Å². The second-order valence-electron chi connectivity index (χ2n) is 4.71. The number of benzene rings is 2. The van der Waals surface area contributed by atoms with Gasteiger partial charge in [-0.3, -0.25) is 5.43 Å². The summed E-state index contributed by atoms with van der Waals surface area (Å²) < 4.78 is 5.09. The number of carboxylic acids is 1. The van der Waals surface area contributed by atoms with Crippen molar-refractivity contribution in [2.75, 3.05) is 11.9 Å². The molecule has 0 spiro atoms. The Kier molecular flexibility index (Phi) is 7.00. The van der Waals surface area contributed by atoms with E-state index < -0.39 is 12.6 Å². The lowest BCUT2D eigenvalue weighted by Gasteiger charge is -2.08. The molecule has 0 fully saturated rings. The Balaban J connectivity index is 1.89. The number of hydrazone groups is 1. The van der Waals surface area contributed by atoms with Crippen molar-refractivity contribution in [2.24, 2.45) is 5.10 Å². The normalized spacial score (nSPS) is 10.5. The summed E-state index contributed by atoms with van der Waals surface area (Å²) in [6.07, 6.45) is 1.52. The van der Waals surface area contributed by atoms with Crippen LogP contribution in [0.4, 0.5) is 5.69 Å². The molecule has 6 nitrogen and oxygen atoms in total. The third kappa shape index (κ3) is 6.58. The Bertz CT molecular complexity index is 815. The van der Waals surface area contributed by atoms with Gasteiger partial charge in [-0.2, -0.15) is 5.10 Å². The van der Waals surface area contributed by atoms with Crippen LogP contribution in [-0.2, 0) is 4.79 Å². The van der Waals surface area contributed by atoms with Crippen LogP contribution in [0.1, 0.15) is 5.56 Å². The highest BCUT2D eigenvalue weighted by molar-refractivity contribution is 7.80. The molecule has 0 aliphatic rings. The van der Waals surface area contributed by atoms with Gasteiger partial charge in [-0.15, -0.1) is 0 Å². The average molecular weight is 398 g/mol. The number of carboxylic acid groups (broad SMARTS) is 1. The topological polar surface area (TPSA) is 83.0 Å². The first-order valence-electron chi connectivity index (χ1n) is 6.94. The third-order valence-corrected chi connectivity index (χ3v) is 3.71. The number of hydrogen-bond donors (Lipinski definition) is 3. The number of halogens is 2. The van der Waals surface area contributed by atoms with Crippen LogP contribution in [-0.4, -0.2) is 29.0 Å². The molecule has 9 heteroatoms. The molecule has 2 rings (SSSR count). The second-order valence-corrected chi connectivity index (χ2v) is 5.93. The molecule has 0 saturated heterocycles. The van der Waals surface area contributed by atoms with Gasteiger partial charge in [0, 0.05) is 5.69 Å². The van der Waals surface area contributed by atoms with E-state index in [1.54, 1.807) is 42.5 Å². The highest BCUT2D eigenvalue weighted by Crippen LogP contribution is 2.24. The Morgan fingerprint density at radius 1 is 1.24 bits per heavy atom. The van der Waals surface area contributed by atoms with E-state index in [2.05, 4.69) is 15.8 Å². The van der Waals surface area contributed by atoms with E-state index in [1.807, 2.05) is 0 Å². The lowest BCUT2D eigenvalue weighted by Crippen LogP contribution is -2.23. The van der Waals surface area contributed by atoms with Gasteiger partial charge in [0.25, 0.3) is 0 Å². The smallest absolute Gasteiger partial charge is 0.341 e. The van der Waals surface area contributed by atoms with Crippen molar-refractivity contribution < 1.29 is 14.6 Å². The van der Waals surface area contributed by atoms with Gasteiger partial charge in [0.15, 0.2) is 11.7 Å². The highest BCUT2D eigenvalue weighted by atomic mass is 35.5. The standard InChI is InChI=1S/C16H13Cl2N3O3S/c17-13-5-4-11(7-14(13)18)20-16(25)21-19-8-10-2-1-3-12(6-10)24-9-15(22)23/h1-8H,9H2,(H,22,23)(H2,20,21,25). The molecule has 25 heavy (non-hydrogen) atoms. The van der Waals surface area contributed by atoms with Crippen LogP contribution in [0.3, 0.4) is 0 Å². The minimum Gasteiger partial charge on any atom is -0.482 e. The summed E-state index contributed by atoms with van der Waals surface area (Å²) in [6.45, 7) is -0.406. The predicted molar refractivity (Wildman–Crippen MR) is 103 cm³/mol. The van der Waals surface area contributed by atoms with Crippen molar-refractivity contribution in [1.82, 2.24) is 5.43 Å². The number of carbonyl (C=O) groups is 1. The largest absolute Gasteiger partial charge is 0.482 e. The van der Waals surface area contributed by atoms with Crippen LogP contribution in [0, 0.1) is 0 Å². The van der Waals surface area contributed by atoms with Crippen LogP contribution in [0.15, 0.2) is 47.6 Å². The third-order valence-electron chi connectivity index (χ3n) is 2.78. The summed E-state index contributed by atoms with van der Waals surface area (Å²) in [5, 5.41) is 16.7. The van der Waals surface area contributed by atoms with Crippen molar-refractivity contribution in [3.63, 3.8) is 0 Å². The number of thiocarbonyl (C=S) groups is 1. The molecular weight excluding hydrogens is 385 g/mol. The van der Waals surface area contributed by atoms with Gasteiger partial charge in [0.1, 0.15) is 5.75 Å². The van der Waals surface area contributed by atoms with E-state index in [9.17, 15) is 4.79 Å². The van der Waals surface area contributed by atoms with Gasteiger partial charge >= 0.3 is 5.97 Å². The first-order chi connectivity index (χ1) is 11.9. The Morgan fingerprint density at radius 2 is 2.04 bits per heavy atom. The summed E-state index contributed by atoms with van der Waals surface area (Å²) in [4.78, 5) is 10.5. The summed E-state index contributed by atoms with van der Waals surface area (Å²) in [7, 11) is 0. The first kappa shape index (κ1) is 19.0. The van der Waals surface area contributed by atoms with E-state index in [0.717, 1.165) is 0 Å². The van der Waals surface area contributed by atoms with Crippen molar-refractivity contribution in [3.8, 4) is 5.75 Å². The lowest BCUT2D eigenvalue weighted by molar-refractivity contribution is -0.139. The number of hydrogen-bond acceptors (Lipinski definition) is 4. The Labute approximate surface area is 159 Å². The molecule has 2 aromatic carbocycles. The molecular formula is C16H13Cl2N3O3S. The quantitative estimate of drug-likeness (QED) is 0.390. The zero-order chi connectivity index (χ0) is 18.2. The van der Waals surface area contributed by atoms with Crippen LogP contribution in [0.5, 0.6) is 5.75 Å². The fourth-order valence-corrected chi connectivity index (χ4v) is 2.20. The van der Waals surface area contributed by atoms with Gasteiger partial charge in [-0.05, 0) is 48.1 Å². The number of anilines is 1. The molecule has 0 aliphatic carbocycles. The highest BCUT2D eigenvalue weighted by Gasteiger charge is 2.02. The molecule has 0 radical (unpaired) electrons. The number of aliphatic carboxylic acids is 1. The molecule has 0 atom stereocenters. The number of ether oxygens (including phenoxy) is 1. The number of nitrogens with one attached hydrogen (secondary N) is 2. The summed E-state index contributed by atoms with van der Waals surface area (Å²) in [6, 6.07) is 11.9. The minimum atomic E-state index is -1.04. The van der Waals surface area contributed by atoms with Crippen LogP contribution in [0.2, 0.25) is 10.0 Å². The SMILES string of the molecule is O=C(O)COc1cccc(C=NNC(=S)Nc2ccc(Cl)c(Cl)c2)c1. The number of rotatable bonds is 6. The van der Waals surface area contributed by atoms with E-state index in [0.29, 0.717) is 27.0 Å². The van der Waals surface area contributed by atoms with Gasteiger partial charge < -0.3 is 15.2 Å². The van der Waals surface area contributed by atoms with Crippen molar-refractivity contribution >= 4 is 58.4 Å². The molecule has 0 aliphatic heterocycles. The van der Waals surface area contributed by atoms with Crippen LogP contribution in [0.25, 0.3) is 0 Å². The average Bonchev–Trinajstić information content (AvgIpc) is 2.57. The molecule has 0 aromatic heterocycles. The molecule has 2 aromatic rings. The van der Waals surface area contributed by atoms with E-state index in [1.165, 1.54) is 6.21 Å². The zero-order valence-corrected chi connectivity index (χ0v) is 15.0. The first-order valence-corrected chi connectivity index (χ1v) is 8.10. The monoisotopic (exact) mass is 397 g/mol. The van der Waals surface area contributed by atoms with Gasteiger partial charge in [-0.1, -0.05) is 35.3 Å². The maximum atomic E-state index is 10.5. The van der Waals surface area contributed by atoms with E-state index >= 15 is 0 Å². The summed E-state index contributed by atoms with van der Waals surface area (Å²) in [5.74, 6) is -0.609. The molecule has 3 N–H and O–H groups in total. The van der Waals surface area contributed by atoms with Crippen molar-refractivity contribution in [1.29, 1.82) is 0 Å². The molecule has 0 heterocycles. The Hall–Kier alpha value is -2.35. The van der Waals surface area contributed by atoms with Gasteiger partial charge in [-0.25, -0.2) is 4.79 Å². The molecule has 0 unspecified atom stereocenters. The maximum absolute atomic E-state index is 10.5. The lowest BCUT2D eigenvalue weighted by atomic mass is 10.2. The Morgan fingerprint density at radius 3 is 2.76 bits per heavy atom. The zero-order valence-electron chi connectivity index (χ0n) is 12.7.